The van der Waals surface area contributed by atoms with E-state index in [9.17, 15) is 47.2 Å². The summed E-state index contributed by atoms with van der Waals surface area (Å²) in [5, 5.41) is 30.9. The third-order valence-electron chi connectivity index (χ3n) is 15.9. The molecule has 0 aliphatic heterocycles. The molecule has 4 aromatic heterocycles. The predicted octanol–water partition coefficient (Wildman–Crippen LogP) is 11.8. The van der Waals surface area contributed by atoms with E-state index in [1.165, 1.54) is 99.8 Å². The Morgan fingerprint density at radius 2 is 0.946 bits per heavy atom. The third-order valence-corrected chi connectivity index (χ3v) is 20.4. The summed E-state index contributed by atoms with van der Waals surface area (Å²) in [5.74, 6) is -6.49. The van der Waals surface area contributed by atoms with Crippen molar-refractivity contribution < 1.29 is 132 Å². The van der Waals surface area contributed by atoms with Gasteiger partial charge in [0.2, 0.25) is 0 Å². The van der Waals surface area contributed by atoms with E-state index in [2.05, 4.69) is 36.8 Å². The Labute approximate surface area is 664 Å². The number of hydrogen-bond donors (Lipinski definition) is 1. The molecule has 1 N–H and O–H groups in total. The molecule has 28 nitrogen and oxygen atoms in total. The van der Waals surface area contributed by atoms with Crippen LogP contribution in [0.1, 0.15) is 131 Å². The zero-order valence-corrected chi connectivity index (χ0v) is 66.5. The predicted molar refractivity (Wildman–Crippen MR) is 384 cm³/mol. The molecule has 576 valence electrons. The molecule has 0 saturated heterocycles. The van der Waals surface area contributed by atoms with Crippen LogP contribution in [0.2, 0.25) is 0 Å². The minimum atomic E-state index is -4.91. The maximum atomic E-state index is 15.8. The minimum absolute atomic E-state index is 0. The van der Waals surface area contributed by atoms with Gasteiger partial charge in [0.25, 0.3) is 7.82 Å². The molecular formula is C74H71F4N10NaO18P2S2. The Balaban J connectivity index is 0.000000279. The van der Waals surface area contributed by atoms with E-state index in [1.807, 2.05) is 0 Å². The number of nitriles is 2. The van der Waals surface area contributed by atoms with Crippen molar-refractivity contribution in [2.24, 2.45) is 0 Å². The fourth-order valence-electron chi connectivity index (χ4n) is 10.7. The molecule has 0 aliphatic carbocycles. The van der Waals surface area contributed by atoms with Gasteiger partial charge in [0.05, 0.1) is 84.0 Å². The second-order valence-corrected chi connectivity index (χ2v) is 30.7. The molecule has 0 amide bonds. The quantitative estimate of drug-likeness (QED) is 0.00778. The maximum absolute atomic E-state index is 15.8. The zero-order valence-electron chi connectivity index (χ0n) is 61.1. The van der Waals surface area contributed by atoms with Crippen LogP contribution in [0.25, 0.3) is 22.5 Å². The molecule has 0 saturated carbocycles. The van der Waals surface area contributed by atoms with Gasteiger partial charge >= 0.3 is 49.7 Å². The molecule has 5 atom stereocenters. The molecule has 0 spiro atoms. The van der Waals surface area contributed by atoms with Crippen LogP contribution in [0, 0.1) is 45.9 Å². The summed E-state index contributed by atoms with van der Waals surface area (Å²) in [4.78, 5) is 89.2. The number of phosphoric ester groups is 2. The van der Waals surface area contributed by atoms with Crippen LogP contribution in [-0.2, 0) is 93.2 Å². The van der Waals surface area contributed by atoms with E-state index >= 15 is 8.78 Å². The number of ketones is 2. The Bertz CT molecular complexity index is 4980. The number of ether oxygens (including phenoxy) is 6. The van der Waals surface area contributed by atoms with Crippen molar-refractivity contribution in [1.82, 2.24) is 39.5 Å². The van der Waals surface area contributed by atoms with Gasteiger partial charge in [0.1, 0.15) is 71.8 Å². The molecule has 0 aliphatic rings. The molecule has 0 radical (unpaired) electrons. The molecule has 37 heteroatoms. The standard InChI is InChI=1S/C41H44F2N5O9PS.C33H28F2N5O9PS.Na/c1-27(37-47-35(22-59-37)30-12-8-28(19-44)9-13-30)41(23-48-25-45-24-46-48,33-17-16-32(42)18-34(33)43)55-38(50)53-26-52-21-36(49)31-14-10-29(11-15-31)20-54-58(51,56-39(2,3)4)57-40(5,6)7;1-21(31-39-29(16-51-31)24-6-2-22(13-36)3-7-24)33(17-40-19-37-18-38-40,27-11-10-26(34)12-28(27)35)49-32(42)47-20-46-15-30(41)25-8-4-23(5-9-25)14-48-50(43,44)45;/h8-18,22,24-25,27H,20-21,23,26H2,1-7H3;2-12,16,18-19,21H,14-15,17,20H2,1H3,(H2,43,44,45);/q;;+1/p-1/t27-,41?;21-,33?;/m00./s1. The van der Waals surface area contributed by atoms with Gasteiger partial charge < -0.3 is 42.7 Å². The summed E-state index contributed by atoms with van der Waals surface area (Å²) in [6, 6.07) is 35.2. The summed E-state index contributed by atoms with van der Waals surface area (Å²) in [7, 11) is -8.87. The second kappa shape index (κ2) is 38.7. The van der Waals surface area contributed by atoms with E-state index < -0.39 is 130 Å². The van der Waals surface area contributed by atoms with Gasteiger partial charge in [-0.3, -0.25) is 27.7 Å². The number of benzene rings is 6. The van der Waals surface area contributed by atoms with E-state index in [1.54, 1.807) is 127 Å². The number of Topliss-reactive ketones (excluding diaryl/α,β-unsaturated/α-hetero) is 2. The van der Waals surface area contributed by atoms with Crippen molar-refractivity contribution in [3.63, 3.8) is 0 Å². The average molecular weight is 1610 g/mol. The van der Waals surface area contributed by atoms with E-state index in [0.29, 0.717) is 66.9 Å². The van der Waals surface area contributed by atoms with Crippen molar-refractivity contribution in [2.75, 3.05) is 26.8 Å². The number of phosphoric acid groups is 2. The Morgan fingerprint density at radius 3 is 1.28 bits per heavy atom. The first-order chi connectivity index (χ1) is 52.1. The van der Waals surface area contributed by atoms with Crippen LogP contribution in [0.4, 0.5) is 27.2 Å². The third kappa shape index (κ3) is 24.8. The smallest absolute Gasteiger partial charge is 0.756 e. The maximum Gasteiger partial charge on any atom is 1.00 e. The van der Waals surface area contributed by atoms with Gasteiger partial charge in [-0.05, 0) is 101 Å². The summed E-state index contributed by atoms with van der Waals surface area (Å²) < 4.78 is 141. The number of aromatic nitrogens is 8. The number of rotatable bonds is 32. The van der Waals surface area contributed by atoms with Gasteiger partial charge in [-0.15, -0.1) is 22.7 Å². The summed E-state index contributed by atoms with van der Waals surface area (Å²) in [5.41, 5.74) is -1.03. The van der Waals surface area contributed by atoms with Gasteiger partial charge in [0, 0.05) is 56.3 Å². The van der Waals surface area contributed by atoms with Crippen LogP contribution in [-0.4, -0.2) is 106 Å². The van der Waals surface area contributed by atoms with Crippen LogP contribution < -0.4 is 34.5 Å². The van der Waals surface area contributed by atoms with Crippen molar-refractivity contribution >= 4 is 62.2 Å². The molecule has 0 fully saturated rings. The number of thiazole rings is 2. The monoisotopic (exact) mass is 1610 g/mol. The number of carbonyl (C=O) groups excluding carboxylic acids is 4. The number of nitrogens with zero attached hydrogens (tertiary/aromatic N) is 10. The normalized spacial score (nSPS) is 13.7. The Morgan fingerprint density at radius 1 is 0.568 bits per heavy atom. The van der Waals surface area contributed by atoms with Crippen LogP contribution in [0.5, 0.6) is 0 Å². The zero-order chi connectivity index (χ0) is 79.6. The molecule has 0 bridgehead atoms. The SMILES string of the molecule is C[C@@H](c1nc(-c2ccc(C#N)cc2)cs1)C(Cn1cncn1)(OC(=O)OCOCC(=O)c1ccc(COP(=O)(OC(C)(C)C)OC(C)(C)C)cc1)c1ccc(F)cc1F.C[C@@H](c1nc(-c2ccc(C#N)cc2)cs1)C(Cn1cncn1)(OC(=O)OCOCC(=O)c1ccc(COP(=O)([O-])O)cc1)c1ccc(F)cc1F.[Na+]. The van der Waals surface area contributed by atoms with Crippen molar-refractivity contribution in [3.05, 3.63) is 247 Å². The van der Waals surface area contributed by atoms with E-state index in [-0.39, 0.29) is 71.5 Å². The number of carbonyl (C=O) groups is 4. The van der Waals surface area contributed by atoms with Gasteiger partial charge in [-0.2, -0.15) is 20.7 Å². The molecule has 111 heavy (non-hydrogen) atoms. The Kier molecular flexibility index (Phi) is 30.4. The first-order valence-electron chi connectivity index (χ1n) is 33.1. The first-order valence-corrected chi connectivity index (χ1v) is 37.8. The summed E-state index contributed by atoms with van der Waals surface area (Å²) >= 11 is 2.42. The summed E-state index contributed by atoms with van der Waals surface area (Å²) in [6.07, 6.45) is 2.54. The molecule has 3 unspecified atom stereocenters. The van der Waals surface area contributed by atoms with Crippen molar-refractivity contribution in [2.45, 2.75) is 116 Å². The van der Waals surface area contributed by atoms with Crippen molar-refractivity contribution in [1.29, 1.82) is 10.5 Å². The average Bonchev–Trinajstić information content (AvgIpc) is 1.72. The number of halogens is 4. The minimum Gasteiger partial charge on any atom is -0.756 e. The molecule has 10 aromatic rings. The largest absolute Gasteiger partial charge is 1.00 e. The molecule has 4 heterocycles. The first kappa shape index (κ1) is 87.2. The van der Waals surface area contributed by atoms with Gasteiger partial charge in [-0.1, -0.05) is 86.6 Å². The van der Waals surface area contributed by atoms with Gasteiger partial charge in [-0.25, -0.2) is 61.0 Å². The molecular weight excluding hydrogens is 1540 g/mol. The second-order valence-electron chi connectivity index (χ2n) is 26.2. The van der Waals surface area contributed by atoms with Crippen LogP contribution in [0.3, 0.4) is 0 Å². The Hall–Kier alpha value is -9.42. The molecule has 10 rings (SSSR count). The summed E-state index contributed by atoms with van der Waals surface area (Å²) in [6.45, 7) is 10.1. The van der Waals surface area contributed by atoms with E-state index in [0.717, 1.165) is 18.2 Å². The fourth-order valence-corrected chi connectivity index (χ4v) is 14.7. The van der Waals surface area contributed by atoms with Crippen LogP contribution in [0.15, 0.2) is 170 Å². The number of hydrogen-bond acceptors (Lipinski definition) is 27. The molecule has 6 aromatic carbocycles. The fraction of sp³-hybridized carbons (Fsp3) is 0.297. The van der Waals surface area contributed by atoms with Crippen LogP contribution >= 0.6 is 38.3 Å². The van der Waals surface area contributed by atoms with Crippen molar-refractivity contribution in [3.8, 4) is 34.7 Å². The topological polar surface area (TPSA) is 373 Å². The van der Waals surface area contributed by atoms with Gasteiger partial charge in [0.15, 0.2) is 36.4 Å². The van der Waals surface area contributed by atoms with E-state index in [4.69, 9.17) is 62.1 Å².